The van der Waals surface area contributed by atoms with E-state index < -0.39 is 0 Å². The highest BCUT2D eigenvalue weighted by Gasteiger charge is 2.13. The Bertz CT molecular complexity index is 988. The van der Waals surface area contributed by atoms with Crippen molar-refractivity contribution in [2.75, 3.05) is 7.11 Å². The summed E-state index contributed by atoms with van der Waals surface area (Å²) in [7, 11) is 1.58. The van der Waals surface area contributed by atoms with Crippen LogP contribution in [0.4, 0.5) is 0 Å². The molecule has 0 aromatic heterocycles. The van der Waals surface area contributed by atoms with Crippen molar-refractivity contribution in [1.29, 1.82) is 0 Å². The van der Waals surface area contributed by atoms with E-state index in [1.807, 2.05) is 42.5 Å². The van der Waals surface area contributed by atoms with Gasteiger partial charge in [-0.3, -0.25) is 9.59 Å². The lowest BCUT2D eigenvalue weighted by Crippen LogP contribution is -2.03. The minimum Gasteiger partial charge on any atom is -0.497 e. The van der Waals surface area contributed by atoms with Gasteiger partial charge in [-0.05, 0) is 53.6 Å². The van der Waals surface area contributed by atoms with Crippen molar-refractivity contribution in [3.8, 4) is 5.75 Å². The number of methoxy groups -OCH3 is 1. The highest BCUT2D eigenvalue weighted by molar-refractivity contribution is 9.10. The molecule has 0 saturated carbocycles. The third kappa shape index (κ3) is 5.05. The quantitative estimate of drug-likeness (QED) is 0.338. The average molecular weight is 435 g/mol. The summed E-state index contributed by atoms with van der Waals surface area (Å²) < 4.78 is 6.05. The number of ether oxygens (including phenoxy) is 1. The zero-order valence-electron chi connectivity index (χ0n) is 15.4. The Kier molecular flexibility index (Phi) is 6.56. The van der Waals surface area contributed by atoms with Gasteiger partial charge in [-0.1, -0.05) is 58.4 Å². The van der Waals surface area contributed by atoms with Crippen LogP contribution in [0.5, 0.6) is 5.75 Å². The third-order valence-corrected chi connectivity index (χ3v) is 4.87. The Morgan fingerprint density at radius 1 is 0.821 bits per heavy atom. The van der Waals surface area contributed by atoms with E-state index in [0.29, 0.717) is 22.4 Å². The molecule has 3 aromatic carbocycles. The molecule has 4 heteroatoms. The van der Waals surface area contributed by atoms with Crippen molar-refractivity contribution in [3.05, 3.63) is 106 Å². The molecular weight excluding hydrogens is 416 g/mol. The molecule has 0 radical (unpaired) electrons. The predicted molar refractivity (Wildman–Crippen MR) is 115 cm³/mol. The summed E-state index contributed by atoms with van der Waals surface area (Å²) in [6.45, 7) is 0. The first-order chi connectivity index (χ1) is 13.6. The second kappa shape index (κ2) is 9.29. The Morgan fingerprint density at radius 2 is 1.43 bits per heavy atom. The summed E-state index contributed by atoms with van der Waals surface area (Å²) >= 11 is 3.37. The first kappa shape index (κ1) is 19.8. The van der Waals surface area contributed by atoms with Crippen molar-refractivity contribution in [1.82, 2.24) is 0 Å². The summed E-state index contributed by atoms with van der Waals surface area (Å²) in [5.74, 6) is 0.504. The van der Waals surface area contributed by atoms with Crippen molar-refractivity contribution >= 4 is 33.1 Å². The number of halogens is 1. The van der Waals surface area contributed by atoms with E-state index in [4.69, 9.17) is 4.74 Å². The molecule has 0 fully saturated rings. The largest absolute Gasteiger partial charge is 0.497 e. The SMILES string of the molecule is COc1ccc(C(=O)/C=C(/CC(=O)c2ccc(Br)cc2)c2ccccc2)cc1. The van der Waals surface area contributed by atoms with Crippen molar-refractivity contribution in [2.45, 2.75) is 6.42 Å². The van der Waals surface area contributed by atoms with Crippen LogP contribution < -0.4 is 4.74 Å². The molecule has 140 valence electrons. The zero-order chi connectivity index (χ0) is 19.9. The van der Waals surface area contributed by atoms with Crippen LogP contribution in [0, 0.1) is 0 Å². The number of carbonyl (C=O) groups excluding carboxylic acids is 2. The fourth-order valence-electron chi connectivity index (χ4n) is 2.80. The van der Waals surface area contributed by atoms with Gasteiger partial charge in [0.2, 0.25) is 0 Å². The molecule has 0 aliphatic heterocycles. The van der Waals surface area contributed by atoms with Gasteiger partial charge in [-0.2, -0.15) is 0 Å². The molecule has 0 heterocycles. The van der Waals surface area contributed by atoms with Gasteiger partial charge in [0.05, 0.1) is 7.11 Å². The van der Waals surface area contributed by atoms with Gasteiger partial charge >= 0.3 is 0 Å². The first-order valence-corrected chi connectivity index (χ1v) is 9.59. The molecule has 3 aromatic rings. The normalized spacial score (nSPS) is 11.1. The van der Waals surface area contributed by atoms with Crippen LogP contribution in [-0.4, -0.2) is 18.7 Å². The van der Waals surface area contributed by atoms with E-state index in [-0.39, 0.29) is 18.0 Å². The summed E-state index contributed by atoms with van der Waals surface area (Å²) in [4.78, 5) is 25.5. The smallest absolute Gasteiger partial charge is 0.186 e. The van der Waals surface area contributed by atoms with Crippen molar-refractivity contribution < 1.29 is 14.3 Å². The molecule has 0 amide bonds. The van der Waals surface area contributed by atoms with E-state index in [1.54, 1.807) is 49.6 Å². The standard InChI is InChI=1S/C24H19BrO3/c1-28-22-13-9-19(10-14-22)24(27)16-20(17-5-3-2-4-6-17)15-23(26)18-7-11-21(25)12-8-18/h2-14,16H,15H2,1H3/b20-16-. The van der Waals surface area contributed by atoms with Gasteiger partial charge in [0.25, 0.3) is 0 Å². The van der Waals surface area contributed by atoms with E-state index in [9.17, 15) is 9.59 Å². The molecule has 0 aliphatic rings. The fraction of sp³-hybridized carbons (Fsp3) is 0.0833. The highest BCUT2D eigenvalue weighted by atomic mass is 79.9. The van der Waals surface area contributed by atoms with Crippen LogP contribution in [0.3, 0.4) is 0 Å². The maximum absolute atomic E-state index is 12.8. The summed E-state index contributed by atoms with van der Waals surface area (Å²) in [6, 6.07) is 23.7. The van der Waals surface area contributed by atoms with Gasteiger partial charge in [0.15, 0.2) is 11.6 Å². The van der Waals surface area contributed by atoms with E-state index in [2.05, 4.69) is 15.9 Å². The summed E-state index contributed by atoms with van der Waals surface area (Å²) in [5, 5.41) is 0. The van der Waals surface area contributed by atoms with Gasteiger partial charge in [0.1, 0.15) is 5.75 Å². The maximum atomic E-state index is 12.8. The molecule has 3 nitrogen and oxygen atoms in total. The minimum atomic E-state index is -0.148. The van der Waals surface area contributed by atoms with Crippen LogP contribution in [0.25, 0.3) is 5.57 Å². The lowest BCUT2D eigenvalue weighted by molar-refractivity contribution is 0.0998. The number of benzene rings is 3. The summed E-state index contributed by atoms with van der Waals surface area (Å²) in [6.07, 6.45) is 1.70. The van der Waals surface area contributed by atoms with Crippen LogP contribution in [0.15, 0.2) is 89.4 Å². The molecule has 0 unspecified atom stereocenters. The zero-order valence-corrected chi connectivity index (χ0v) is 17.0. The monoisotopic (exact) mass is 434 g/mol. The van der Waals surface area contributed by atoms with Gasteiger partial charge in [-0.15, -0.1) is 0 Å². The second-order valence-corrected chi connectivity index (χ2v) is 7.15. The van der Waals surface area contributed by atoms with Crippen LogP contribution in [0.1, 0.15) is 32.7 Å². The van der Waals surface area contributed by atoms with E-state index in [0.717, 1.165) is 10.0 Å². The Balaban J connectivity index is 1.90. The number of rotatable bonds is 7. The van der Waals surface area contributed by atoms with Crippen LogP contribution in [0.2, 0.25) is 0 Å². The number of hydrogen-bond acceptors (Lipinski definition) is 3. The maximum Gasteiger partial charge on any atom is 0.186 e. The lowest BCUT2D eigenvalue weighted by atomic mass is 9.95. The van der Waals surface area contributed by atoms with E-state index in [1.165, 1.54) is 0 Å². The summed E-state index contributed by atoms with van der Waals surface area (Å²) in [5.41, 5.74) is 2.71. The number of carbonyl (C=O) groups is 2. The molecule has 28 heavy (non-hydrogen) atoms. The Morgan fingerprint density at radius 3 is 2.04 bits per heavy atom. The van der Waals surface area contributed by atoms with Crippen molar-refractivity contribution in [3.63, 3.8) is 0 Å². The average Bonchev–Trinajstić information content (AvgIpc) is 2.74. The Labute approximate surface area is 172 Å². The van der Waals surface area contributed by atoms with Crippen molar-refractivity contribution in [2.24, 2.45) is 0 Å². The molecule has 0 aliphatic carbocycles. The van der Waals surface area contributed by atoms with E-state index >= 15 is 0 Å². The molecule has 3 rings (SSSR count). The molecule has 0 saturated heterocycles. The minimum absolute atomic E-state index is 0.0369. The number of Topliss-reactive ketones (excluding diaryl/α,β-unsaturated/α-hetero) is 1. The second-order valence-electron chi connectivity index (χ2n) is 6.24. The third-order valence-electron chi connectivity index (χ3n) is 4.34. The number of hydrogen-bond donors (Lipinski definition) is 0. The molecule has 0 N–H and O–H groups in total. The predicted octanol–water partition coefficient (Wildman–Crippen LogP) is 6.00. The van der Waals surface area contributed by atoms with Crippen LogP contribution in [-0.2, 0) is 0 Å². The lowest BCUT2D eigenvalue weighted by Gasteiger charge is -2.08. The van der Waals surface area contributed by atoms with Crippen LogP contribution >= 0.6 is 15.9 Å². The number of allylic oxidation sites excluding steroid dienone is 2. The topological polar surface area (TPSA) is 43.4 Å². The fourth-order valence-corrected chi connectivity index (χ4v) is 3.06. The number of ketones is 2. The van der Waals surface area contributed by atoms with Gasteiger partial charge < -0.3 is 4.74 Å². The Hall–Kier alpha value is -2.98. The van der Waals surface area contributed by atoms with Gasteiger partial charge in [0, 0.05) is 22.0 Å². The molecule has 0 bridgehead atoms. The first-order valence-electron chi connectivity index (χ1n) is 8.80. The highest BCUT2D eigenvalue weighted by Crippen LogP contribution is 2.23. The van der Waals surface area contributed by atoms with Gasteiger partial charge in [-0.25, -0.2) is 0 Å². The molecule has 0 spiro atoms. The molecular formula is C24H19BrO3. The molecule has 0 atom stereocenters.